The number of nitrogens with one attached hydrogen (secondary N) is 1. The molecule has 1 aliphatic rings. The molecule has 2 aromatic rings. The highest BCUT2D eigenvalue weighted by Crippen LogP contribution is 2.47. The number of hydrogen-bond acceptors (Lipinski definition) is 7. The first-order valence-corrected chi connectivity index (χ1v) is 10.9. The molecular weight excluding hydrogens is 491 g/mol. The van der Waals surface area contributed by atoms with Gasteiger partial charge in [0.1, 0.15) is 6.02 Å². The van der Waals surface area contributed by atoms with Crippen LogP contribution in [0.1, 0.15) is 7.79 Å². The van der Waals surface area contributed by atoms with Crippen LogP contribution in [-0.2, 0) is 19.6 Å². The summed E-state index contributed by atoms with van der Waals surface area (Å²) in [5.41, 5.74) is -3.81. The van der Waals surface area contributed by atoms with Crippen LogP contribution in [0, 0.1) is 11.6 Å². The Labute approximate surface area is 192 Å². The lowest BCUT2D eigenvalue weighted by Gasteiger charge is -2.31. The number of carbonyl (C=O) groups excluding carboxylic acids is 1. The van der Waals surface area contributed by atoms with E-state index in [1.54, 1.807) is 0 Å². The zero-order valence-electron chi connectivity index (χ0n) is 18.6. The summed E-state index contributed by atoms with van der Waals surface area (Å²) in [4.78, 5) is 17.3. The summed E-state index contributed by atoms with van der Waals surface area (Å²) in [5.74, 6) is -5.10. The van der Waals surface area contributed by atoms with Gasteiger partial charge >= 0.3 is 6.18 Å². The first-order chi connectivity index (χ1) is 16.1. The molecule has 1 aromatic heterocycles. The lowest BCUT2D eigenvalue weighted by atomic mass is 9.99. The molecule has 1 fully saturated rings. The maximum Gasteiger partial charge on any atom is 0.419 e. The number of methoxy groups -OCH3 is 2. The Morgan fingerprint density at radius 2 is 2.00 bits per heavy atom. The van der Waals surface area contributed by atoms with Crippen LogP contribution in [0.25, 0.3) is 0 Å². The highest BCUT2D eigenvalue weighted by Gasteiger charge is 2.63. The van der Waals surface area contributed by atoms with Gasteiger partial charge in [-0.2, -0.15) is 17.6 Å². The van der Waals surface area contributed by atoms with Crippen LogP contribution in [0.15, 0.2) is 35.5 Å². The van der Waals surface area contributed by atoms with Crippen LogP contribution >= 0.6 is 0 Å². The van der Waals surface area contributed by atoms with Crippen molar-refractivity contribution in [1.82, 2.24) is 4.98 Å². The van der Waals surface area contributed by atoms with E-state index >= 15 is 0 Å². The number of rotatable bonds is 6. The van der Waals surface area contributed by atoms with Crippen molar-refractivity contribution in [3.05, 3.63) is 42.1 Å². The van der Waals surface area contributed by atoms with Crippen molar-refractivity contribution in [2.45, 2.75) is 29.2 Å². The number of nitrogens with two attached hydrogens (primary N) is 1. The third kappa shape index (κ3) is 4.63. The zero-order valence-corrected chi connectivity index (χ0v) is 18.4. The minimum atomic E-state index is -5.08. The topological polar surface area (TPSA) is 124 Å². The van der Waals surface area contributed by atoms with Crippen molar-refractivity contribution in [3.63, 3.8) is 0 Å². The smallest absolute Gasteiger partial charge is 0.419 e. The normalized spacial score (nSPS) is 23.5. The number of anilines is 2. The molecule has 34 heavy (non-hydrogen) atoms. The molecule has 0 bridgehead atoms. The van der Waals surface area contributed by atoms with Gasteiger partial charge in [-0.25, -0.2) is 22.9 Å². The van der Waals surface area contributed by atoms with E-state index in [0.717, 1.165) is 38.6 Å². The van der Waals surface area contributed by atoms with Gasteiger partial charge < -0.3 is 19.7 Å². The number of carbonyl (C=O) groups is 1. The molecule has 1 amide bonds. The molecule has 2 heterocycles. The van der Waals surface area contributed by atoms with E-state index in [9.17, 15) is 35.2 Å². The summed E-state index contributed by atoms with van der Waals surface area (Å²) < 4.78 is 112. The molecule has 3 N–H and O–H groups in total. The molecule has 9 nitrogen and oxygen atoms in total. The third-order valence-corrected chi connectivity index (χ3v) is 5.98. The average molecular weight is 511 g/mol. The second-order valence-corrected chi connectivity index (χ2v) is 8.71. The third-order valence-electron chi connectivity index (χ3n) is 5.17. The number of primary sulfonamides is 1. The Hall–Kier alpha value is -3.04. The standard InChI is InChI=1S/C19H19F5N4O5S/c1-32-16-12(4-3-11(20)15(16)21)28-9-18(33-2,19(22,23)24)8-13(28)17(29)27-10-5-6-26-14(7-10)34(25,30)31/h3-7,13H,8-9H2,1-2H3,(H2,25,30,31)(H,26,27,29)/t13-,18-/m1/s1/i13D. The van der Waals surface area contributed by atoms with E-state index in [-0.39, 0.29) is 5.69 Å². The number of amides is 1. The monoisotopic (exact) mass is 511 g/mol. The van der Waals surface area contributed by atoms with E-state index < -0.39 is 74.8 Å². The molecule has 2 atom stereocenters. The number of hydrogen-bond donors (Lipinski definition) is 2. The number of pyridine rings is 1. The zero-order chi connectivity index (χ0) is 26.4. The molecule has 0 unspecified atom stereocenters. The highest BCUT2D eigenvalue weighted by atomic mass is 32.2. The number of nitrogens with zero attached hydrogens (tertiary/aromatic N) is 2. The first kappa shape index (κ1) is 24.1. The van der Waals surface area contributed by atoms with Gasteiger partial charge in [0.25, 0.3) is 10.0 Å². The SMILES string of the molecule is [2H][C@]1(C(=O)Nc2ccnc(S(N)(=O)=O)c2)C[C@](OC)(C(F)(F)F)CN1c1ccc(F)c(F)c1OC. The van der Waals surface area contributed by atoms with Crippen molar-refractivity contribution < 1.29 is 46.0 Å². The molecule has 0 saturated carbocycles. The lowest BCUT2D eigenvalue weighted by molar-refractivity contribution is -0.261. The summed E-state index contributed by atoms with van der Waals surface area (Å²) in [7, 11) is -2.62. The number of sulfonamides is 1. The lowest BCUT2D eigenvalue weighted by Crippen LogP contribution is -2.49. The molecule has 0 radical (unpaired) electrons. The van der Waals surface area contributed by atoms with Crippen LogP contribution in [0.3, 0.4) is 0 Å². The molecular formula is C19H19F5N4O5S. The average Bonchev–Trinajstić information content (AvgIpc) is 3.10. The Morgan fingerprint density at radius 3 is 2.56 bits per heavy atom. The Bertz CT molecular complexity index is 1260. The van der Waals surface area contributed by atoms with E-state index in [1.165, 1.54) is 0 Å². The number of aromatic nitrogens is 1. The second-order valence-electron chi connectivity index (χ2n) is 7.20. The summed E-state index contributed by atoms with van der Waals surface area (Å²) in [5, 5.41) is 6.49. The molecule has 1 saturated heterocycles. The maximum atomic E-state index is 14.4. The van der Waals surface area contributed by atoms with Gasteiger partial charge in [0.05, 0.1) is 20.7 Å². The Morgan fingerprint density at radius 1 is 1.32 bits per heavy atom. The number of alkyl halides is 3. The van der Waals surface area contributed by atoms with Gasteiger partial charge in [0, 0.05) is 31.5 Å². The molecule has 3 rings (SSSR count). The highest BCUT2D eigenvalue weighted by molar-refractivity contribution is 7.89. The predicted molar refractivity (Wildman–Crippen MR) is 109 cm³/mol. The van der Waals surface area contributed by atoms with Gasteiger partial charge in [-0.05, 0) is 18.2 Å². The molecule has 0 spiro atoms. The largest absolute Gasteiger partial charge is 0.491 e. The van der Waals surface area contributed by atoms with Crippen LogP contribution in [-0.4, -0.2) is 57.9 Å². The molecule has 0 aliphatic carbocycles. The van der Waals surface area contributed by atoms with Gasteiger partial charge in [0.2, 0.25) is 11.7 Å². The van der Waals surface area contributed by atoms with Gasteiger partial charge in [0.15, 0.2) is 22.2 Å². The van der Waals surface area contributed by atoms with Crippen molar-refractivity contribution in [3.8, 4) is 5.75 Å². The fourth-order valence-corrected chi connectivity index (χ4v) is 3.92. The van der Waals surface area contributed by atoms with E-state index in [4.69, 9.17) is 16.0 Å². The fourth-order valence-electron chi connectivity index (χ4n) is 3.42. The van der Waals surface area contributed by atoms with E-state index in [2.05, 4.69) is 10.3 Å². The van der Waals surface area contributed by atoms with Crippen LogP contribution in [0.5, 0.6) is 5.75 Å². The summed E-state index contributed by atoms with van der Waals surface area (Å²) in [6.45, 7) is -1.15. The van der Waals surface area contributed by atoms with Crippen LogP contribution in [0.2, 0.25) is 0 Å². The van der Waals surface area contributed by atoms with Crippen LogP contribution < -0.4 is 20.1 Å². The summed E-state index contributed by atoms with van der Waals surface area (Å²) in [6, 6.07) is 0.602. The molecule has 1 aromatic carbocycles. The Kier molecular flexibility index (Phi) is 6.35. The van der Waals surface area contributed by atoms with Crippen molar-refractivity contribution in [2.75, 3.05) is 31.0 Å². The van der Waals surface area contributed by atoms with E-state index in [0.29, 0.717) is 11.0 Å². The maximum absolute atomic E-state index is 14.4. The van der Waals surface area contributed by atoms with E-state index in [1.807, 2.05) is 0 Å². The van der Waals surface area contributed by atoms with Gasteiger partial charge in [-0.3, -0.25) is 4.79 Å². The summed E-state index contributed by atoms with van der Waals surface area (Å²) in [6.07, 6.45) is -5.39. The number of halogens is 5. The summed E-state index contributed by atoms with van der Waals surface area (Å²) >= 11 is 0. The second kappa shape index (κ2) is 8.96. The van der Waals surface area contributed by atoms with Crippen LogP contribution in [0.4, 0.5) is 33.3 Å². The minimum absolute atomic E-state index is 0.250. The van der Waals surface area contributed by atoms with Gasteiger partial charge in [-0.1, -0.05) is 0 Å². The van der Waals surface area contributed by atoms with Crippen molar-refractivity contribution in [1.29, 1.82) is 0 Å². The van der Waals surface area contributed by atoms with Crippen molar-refractivity contribution >= 4 is 27.3 Å². The van der Waals surface area contributed by atoms with Crippen molar-refractivity contribution in [2.24, 2.45) is 5.14 Å². The molecule has 1 aliphatic heterocycles. The first-order valence-electron chi connectivity index (χ1n) is 9.81. The fraction of sp³-hybridized carbons (Fsp3) is 0.368. The minimum Gasteiger partial charge on any atom is -0.491 e. The number of ether oxygens (including phenoxy) is 2. The molecule has 15 heteroatoms. The number of benzene rings is 1. The van der Waals surface area contributed by atoms with Gasteiger partial charge in [-0.15, -0.1) is 0 Å². The predicted octanol–water partition coefficient (Wildman–Crippen LogP) is 2.18. The Balaban J connectivity index is 2.14. The molecule has 186 valence electrons. The quantitative estimate of drug-likeness (QED) is 0.570.